The summed E-state index contributed by atoms with van der Waals surface area (Å²) in [4.78, 5) is 14.6. The van der Waals surface area contributed by atoms with Gasteiger partial charge in [-0.2, -0.15) is 0 Å². The molecule has 172 valence electrons. The van der Waals surface area contributed by atoms with E-state index in [1.54, 1.807) is 4.90 Å². The highest BCUT2D eigenvalue weighted by Gasteiger charge is 2.50. The number of amides is 1. The highest BCUT2D eigenvalue weighted by molar-refractivity contribution is 6.99. The molecule has 0 aliphatic carbocycles. The highest BCUT2D eigenvalue weighted by atomic mass is 28.4. The number of hydrogen-bond donors (Lipinski definition) is 0. The first-order valence-electron chi connectivity index (χ1n) is 11.5. The molecule has 0 aromatic heterocycles. The summed E-state index contributed by atoms with van der Waals surface area (Å²) >= 11 is 0. The lowest BCUT2D eigenvalue weighted by Gasteiger charge is -2.44. The molecule has 1 heterocycles. The maximum atomic E-state index is 12.9. The zero-order valence-corrected chi connectivity index (χ0v) is 21.3. The van der Waals surface area contributed by atoms with Crippen molar-refractivity contribution in [3.05, 3.63) is 72.9 Å². The Morgan fingerprint density at radius 3 is 1.94 bits per heavy atom. The Labute approximate surface area is 194 Å². The number of allylic oxidation sites excluding steroid dienone is 1. The molecule has 0 saturated heterocycles. The molecule has 0 radical (unpaired) electrons. The minimum atomic E-state index is -2.65. The molecule has 0 N–H and O–H groups in total. The minimum absolute atomic E-state index is 0.0588. The van der Waals surface area contributed by atoms with Crippen molar-refractivity contribution in [3.8, 4) is 0 Å². The molecule has 0 saturated carbocycles. The predicted octanol–water partition coefficient (Wildman–Crippen LogP) is 5.48. The second-order valence-corrected chi connectivity index (χ2v) is 14.8. The molecule has 5 heteroatoms. The summed E-state index contributed by atoms with van der Waals surface area (Å²) in [5.74, 6) is 0. The molecule has 0 spiro atoms. The van der Waals surface area contributed by atoms with E-state index < -0.39 is 13.9 Å². The molecule has 1 aliphatic rings. The Hall–Kier alpha value is -2.37. The molecule has 2 aromatic rings. The Bertz CT molecular complexity index is 874. The number of carbonyl (C=O) groups is 1. The fourth-order valence-electron chi connectivity index (χ4n) is 4.41. The van der Waals surface area contributed by atoms with Crippen molar-refractivity contribution in [3.63, 3.8) is 0 Å². The lowest BCUT2D eigenvalue weighted by Crippen LogP contribution is -2.67. The van der Waals surface area contributed by atoms with Crippen molar-refractivity contribution in [2.24, 2.45) is 0 Å². The van der Waals surface area contributed by atoms with Crippen LogP contribution in [0.5, 0.6) is 0 Å². The quantitative estimate of drug-likeness (QED) is 0.565. The molecular formula is C27H37NO3Si. The van der Waals surface area contributed by atoms with Crippen molar-refractivity contribution < 1.29 is 14.0 Å². The third-order valence-electron chi connectivity index (χ3n) is 5.84. The van der Waals surface area contributed by atoms with Gasteiger partial charge in [0.25, 0.3) is 8.32 Å². The van der Waals surface area contributed by atoms with E-state index in [4.69, 9.17) is 9.16 Å². The van der Waals surface area contributed by atoms with E-state index in [0.29, 0.717) is 6.61 Å². The van der Waals surface area contributed by atoms with Crippen molar-refractivity contribution in [1.29, 1.82) is 0 Å². The molecule has 1 atom stereocenters. The van der Waals surface area contributed by atoms with Crippen molar-refractivity contribution in [2.45, 2.75) is 71.1 Å². The molecule has 2 aromatic carbocycles. The smallest absolute Gasteiger partial charge is 0.414 e. The SMILES string of the molecule is CC(C)(C)OC(=O)N1C=CCCC1CO[Si](c1ccccc1)(c1ccccc1)C(C)(C)C. The van der Waals surface area contributed by atoms with E-state index in [1.165, 1.54) is 10.4 Å². The number of ether oxygens (including phenoxy) is 1. The van der Waals surface area contributed by atoms with E-state index in [2.05, 4.69) is 69.3 Å². The Kier molecular flexibility index (Phi) is 7.31. The molecule has 3 rings (SSSR count). The van der Waals surface area contributed by atoms with Crippen LogP contribution in [0.15, 0.2) is 72.9 Å². The molecule has 0 bridgehead atoms. The van der Waals surface area contributed by atoms with Crippen molar-refractivity contribution >= 4 is 24.8 Å². The molecule has 0 fully saturated rings. The maximum Gasteiger partial charge on any atom is 0.414 e. The van der Waals surface area contributed by atoms with Crippen LogP contribution >= 0.6 is 0 Å². The number of nitrogens with zero attached hydrogens (tertiary/aromatic N) is 1. The van der Waals surface area contributed by atoms with Crippen LogP contribution in [-0.4, -0.2) is 37.6 Å². The molecule has 4 nitrogen and oxygen atoms in total. The molecule has 1 amide bonds. The lowest BCUT2D eigenvalue weighted by molar-refractivity contribution is 0.0201. The summed E-state index contributed by atoms with van der Waals surface area (Å²) in [6.45, 7) is 13.0. The van der Waals surface area contributed by atoms with E-state index in [9.17, 15) is 4.79 Å². The number of carbonyl (C=O) groups excluding carboxylic acids is 1. The molecule has 32 heavy (non-hydrogen) atoms. The summed E-state index contributed by atoms with van der Waals surface area (Å²) in [6, 6.07) is 21.2. The van der Waals surface area contributed by atoms with Gasteiger partial charge in [-0.05, 0) is 49.0 Å². The summed E-state index contributed by atoms with van der Waals surface area (Å²) in [5, 5.41) is 2.39. The van der Waals surface area contributed by atoms with Crippen molar-refractivity contribution in [2.75, 3.05) is 6.61 Å². The Balaban J connectivity index is 1.97. The van der Waals surface area contributed by atoms with Gasteiger partial charge in [0, 0.05) is 6.20 Å². The van der Waals surface area contributed by atoms with E-state index in [1.807, 2.05) is 45.2 Å². The Morgan fingerprint density at radius 1 is 0.938 bits per heavy atom. The third kappa shape index (κ3) is 5.33. The normalized spacial score (nSPS) is 17.3. The van der Waals surface area contributed by atoms with E-state index in [-0.39, 0.29) is 17.2 Å². The number of hydrogen-bond acceptors (Lipinski definition) is 3. The summed E-state index contributed by atoms with van der Waals surface area (Å²) < 4.78 is 12.7. The monoisotopic (exact) mass is 451 g/mol. The van der Waals surface area contributed by atoms with Crippen molar-refractivity contribution in [1.82, 2.24) is 4.90 Å². The molecular weight excluding hydrogens is 414 g/mol. The average Bonchev–Trinajstić information content (AvgIpc) is 2.74. The van der Waals surface area contributed by atoms with Gasteiger partial charge < -0.3 is 9.16 Å². The molecule has 1 aliphatic heterocycles. The number of rotatable bonds is 5. The van der Waals surface area contributed by atoms with Crippen LogP contribution in [0.25, 0.3) is 0 Å². The standard InChI is InChI=1S/C27H37NO3Si/c1-26(2,3)31-25(29)28-20-14-13-15-22(28)21-30-32(27(4,5)6,23-16-9-7-10-17-23)24-18-11-8-12-19-24/h7-12,14,16-20,22H,13,15,21H2,1-6H3. The predicted molar refractivity (Wildman–Crippen MR) is 134 cm³/mol. The zero-order chi connectivity index (χ0) is 23.4. The van der Waals surface area contributed by atoms with Gasteiger partial charge in [-0.3, -0.25) is 4.90 Å². The van der Waals surface area contributed by atoms with Gasteiger partial charge in [0.1, 0.15) is 5.60 Å². The van der Waals surface area contributed by atoms with Gasteiger partial charge in [-0.25, -0.2) is 4.79 Å². The largest absolute Gasteiger partial charge is 0.443 e. The van der Waals surface area contributed by atoms with Crippen LogP contribution in [0.4, 0.5) is 4.79 Å². The van der Waals surface area contributed by atoms with Crippen LogP contribution < -0.4 is 10.4 Å². The van der Waals surface area contributed by atoms with Gasteiger partial charge in [-0.15, -0.1) is 0 Å². The van der Waals surface area contributed by atoms with Crippen LogP contribution in [0, 0.1) is 0 Å². The zero-order valence-electron chi connectivity index (χ0n) is 20.3. The summed E-state index contributed by atoms with van der Waals surface area (Å²) in [6.07, 6.45) is 5.35. The first kappa shape index (κ1) is 24.3. The van der Waals surface area contributed by atoms with Gasteiger partial charge in [-0.1, -0.05) is 87.5 Å². The van der Waals surface area contributed by atoms with Gasteiger partial charge in [0.2, 0.25) is 0 Å². The molecule has 1 unspecified atom stereocenters. The van der Waals surface area contributed by atoms with Gasteiger partial charge >= 0.3 is 6.09 Å². The van der Waals surface area contributed by atoms with Crippen LogP contribution in [-0.2, 0) is 9.16 Å². The van der Waals surface area contributed by atoms with E-state index in [0.717, 1.165) is 12.8 Å². The van der Waals surface area contributed by atoms with Crippen LogP contribution in [0.2, 0.25) is 5.04 Å². The highest BCUT2D eigenvalue weighted by Crippen LogP contribution is 2.37. The lowest BCUT2D eigenvalue weighted by atomic mass is 10.1. The first-order valence-corrected chi connectivity index (χ1v) is 13.4. The van der Waals surface area contributed by atoms with Crippen LogP contribution in [0.3, 0.4) is 0 Å². The summed E-state index contributed by atoms with van der Waals surface area (Å²) in [5.41, 5.74) is -0.536. The number of benzene rings is 2. The maximum absolute atomic E-state index is 12.9. The average molecular weight is 452 g/mol. The van der Waals surface area contributed by atoms with Gasteiger partial charge in [0.15, 0.2) is 0 Å². The first-order chi connectivity index (χ1) is 15.0. The van der Waals surface area contributed by atoms with Gasteiger partial charge in [0.05, 0.1) is 12.6 Å². The second kappa shape index (κ2) is 9.63. The third-order valence-corrected chi connectivity index (χ3v) is 10.8. The fraction of sp³-hybridized carbons (Fsp3) is 0.444. The topological polar surface area (TPSA) is 38.8 Å². The summed E-state index contributed by atoms with van der Waals surface area (Å²) in [7, 11) is -2.65. The minimum Gasteiger partial charge on any atom is -0.443 e. The Morgan fingerprint density at radius 2 is 1.47 bits per heavy atom. The second-order valence-electron chi connectivity index (χ2n) is 10.5. The van der Waals surface area contributed by atoms with E-state index >= 15 is 0 Å². The van der Waals surface area contributed by atoms with Crippen LogP contribution in [0.1, 0.15) is 54.4 Å². The fourth-order valence-corrected chi connectivity index (χ4v) is 9.01.